The molecule has 1 aliphatic rings. The van der Waals surface area contributed by atoms with Gasteiger partial charge in [-0.1, -0.05) is 30.3 Å². The predicted octanol–water partition coefficient (Wildman–Crippen LogP) is -3.00. The van der Waals surface area contributed by atoms with Gasteiger partial charge in [-0.15, -0.1) is 0 Å². The van der Waals surface area contributed by atoms with Gasteiger partial charge >= 0.3 is 0 Å². The molecule has 7 amide bonds. The maximum absolute atomic E-state index is 13.9. The SMILES string of the molecule is CC(=O)/C=C(/C)NCCN/C(C)=C\C(=O)CCC(=O)NCC(=O)NCC(=O)NCC(=O)N[C@@H](Cc1ccccc1)C(=O)N1CCC[C@H]1C(=O)N[C@@H](CCCN=C(N)N)C(N)=O. The van der Waals surface area contributed by atoms with E-state index in [0.717, 1.165) is 11.3 Å². The summed E-state index contributed by atoms with van der Waals surface area (Å²) in [5, 5.41) is 18.4. The molecule has 1 aliphatic heterocycles. The number of amides is 7. The third-order valence-corrected chi connectivity index (χ3v) is 9.03. The lowest BCUT2D eigenvalue weighted by Gasteiger charge is -2.29. The van der Waals surface area contributed by atoms with Gasteiger partial charge < -0.3 is 59.3 Å². The fraction of sp³-hybridized carbons (Fsp3) is 0.500. The number of nitrogens with zero attached hydrogens (tertiary/aromatic N) is 2. The lowest BCUT2D eigenvalue weighted by molar-refractivity contribution is -0.142. The molecule has 334 valence electrons. The Labute approximate surface area is 354 Å². The summed E-state index contributed by atoms with van der Waals surface area (Å²) >= 11 is 0. The highest BCUT2D eigenvalue weighted by Gasteiger charge is 2.38. The van der Waals surface area contributed by atoms with E-state index >= 15 is 0 Å². The summed E-state index contributed by atoms with van der Waals surface area (Å²) in [5.41, 5.74) is 18.2. The van der Waals surface area contributed by atoms with E-state index in [1.54, 1.807) is 44.2 Å². The number of hydrogen-bond donors (Lipinski definition) is 10. The molecule has 0 aliphatic carbocycles. The van der Waals surface area contributed by atoms with E-state index in [-0.39, 0.29) is 56.3 Å². The summed E-state index contributed by atoms with van der Waals surface area (Å²) < 4.78 is 0. The van der Waals surface area contributed by atoms with Gasteiger partial charge in [0.1, 0.15) is 18.1 Å². The van der Waals surface area contributed by atoms with Crippen LogP contribution >= 0.6 is 0 Å². The number of guanidine groups is 1. The Morgan fingerprint density at radius 1 is 0.738 bits per heavy atom. The first-order valence-corrected chi connectivity index (χ1v) is 19.9. The second-order valence-electron chi connectivity index (χ2n) is 14.3. The van der Waals surface area contributed by atoms with Crippen molar-refractivity contribution < 1.29 is 43.2 Å². The Hall–Kier alpha value is -6.80. The Kier molecular flexibility index (Phi) is 22.3. The molecule has 0 bridgehead atoms. The Balaban J connectivity index is 1.83. The number of likely N-dealkylation sites (tertiary alicyclic amines) is 1. The molecular weight excluding hydrogens is 793 g/mol. The summed E-state index contributed by atoms with van der Waals surface area (Å²) in [7, 11) is 0. The molecule has 0 spiro atoms. The highest BCUT2D eigenvalue weighted by atomic mass is 16.2. The highest BCUT2D eigenvalue weighted by Crippen LogP contribution is 2.20. The van der Waals surface area contributed by atoms with Crippen LogP contribution in [0.25, 0.3) is 0 Å². The molecule has 2 rings (SSSR count). The number of primary amides is 1. The van der Waals surface area contributed by atoms with Crippen molar-refractivity contribution in [2.75, 3.05) is 45.8 Å². The molecule has 21 heteroatoms. The van der Waals surface area contributed by atoms with Crippen LogP contribution in [0.15, 0.2) is 58.9 Å². The average Bonchev–Trinajstić information content (AvgIpc) is 3.70. The van der Waals surface area contributed by atoms with Crippen molar-refractivity contribution in [2.24, 2.45) is 22.2 Å². The summed E-state index contributed by atoms with van der Waals surface area (Å²) in [4.78, 5) is 118. The van der Waals surface area contributed by atoms with Gasteiger partial charge in [0, 0.05) is 56.8 Å². The number of nitrogens with one attached hydrogen (secondary N) is 7. The van der Waals surface area contributed by atoms with Gasteiger partial charge in [0.15, 0.2) is 17.5 Å². The monoisotopic (exact) mass is 852 g/mol. The third-order valence-electron chi connectivity index (χ3n) is 9.03. The molecule has 1 aromatic rings. The molecule has 1 fully saturated rings. The van der Waals surface area contributed by atoms with Crippen molar-refractivity contribution in [2.45, 2.75) is 83.8 Å². The largest absolute Gasteiger partial charge is 0.387 e. The summed E-state index contributed by atoms with van der Waals surface area (Å²) in [6.45, 7) is 4.87. The van der Waals surface area contributed by atoms with E-state index in [9.17, 15) is 43.2 Å². The van der Waals surface area contributed by atoms with Gasteiger partial charge in [-0.3, -0.25) is 48.1 Å². The van der Waals surface area contributed by atoms with Crippen molar-refractivity contribution in [3.8, 4) is 0 Å². The maximum Gasteiger partial charge on any atom is 0.246 e. The van der Waals surface area contributed by atoms with Gasteiger partial charge in [-0.2, -0.15) is 0 Å². The second-order valence-corrected chi connectivity index (χ2v) is 14.3. The van der Waals surface area contributed by atoms with Crippen molar-refractivity contribution in [3.63, 3.8) is 0 Å². The number of allylic oxidation sites excluding steroid dienone is 4. The zero-order valence-corrected chi connectivity index (χ0v) is 35.0. The first-order chi connectivity index (χ1) is 28.9. The van der Waals surface area contributed by atoms with Gasteiger partial charge in [0.05, 0.1) is 19.6 Å². The molecule has 0 radical (unpaired) electrons. The van der Waals surface area contributed by atoms with Gasteiger partial charge in [-0.25, -0.2) is 0 Å². The standard InChI is InChI=1S/C40H60N12O9/c1-25(19-27(3)53)44-16-17-45-26(2)20-29(54)13-14-33(55)47-22-34(56)48-23-35(57)49-24-36(58)50-31(21-28-9-5-4-6-10-28)39(61)52-18-8-12-32(52)38(60)51-30(37(41)59)11-7-15-46-40(42)43/h4-6,9-10,19-20,30-32,44-45H,7-8,11-18,21-24H2,1-3H3,(H2,41,59)(H,47,55)(H,48,56)(H,49,57)(H,50,58)(H,51,60)(H4,42,43,46)/b25-19-,26-20-/t30-,31-,32-/m0/s1. The number of ketones is 2. The minimum absolute atomic E-state index is 0.0673. The smallest absolute Gasteiger partial charge is 0.246 e. The number of carbonyl (C=O) groups excluding carboxylic acids is 9. The zero-order valence-electron chi connectivity index (χ0n) is 35.0. The fourth-order valence-corrected chi connectivity index (χ4v) is 6.08. The zero-order chi connectivity index (χ0) is 45.3. The van der Waals surface area contributed by atoms with Crippen LogP contribution in [0.4, 0.5) is 0 Å². The summed E-state index contributed by atoms with van der Waals surface area (Å²) in [6.07, 6.45) is 3.99. The molecule has 13 N–H and O–H groups in total. The van der Waals surface area contributed by atoms with Crippen molar-refractivity contribution in [3.05, 3.63) is 59.4 Å². The van der Waals surface area contributed by atoms with E-state index in [2.05, 4.69) is 42.2 Å². The number of benzene rings is 1. The number of aliphatic imine (C=N–C) groups is 1. The summed E-state index contributed by atoms with van der Waals surface area (Å²) in [5.74, 6) is -5.02. The van der Waals surface area contributed by atoms with E-state index < -0.39 is 79.1 Å². The van der Waals surface area contributed by atoms with E-state index in [1.165, 1.54) is 24.0 Å². The van der Waals surface area contributed by atoms with Crippen LogP contribution < -0.4 is 54.4 Å². The number of rotatable bonds is 27. The predicted molar refractivity (Wildman–Crippen MR) is 225 cm³/mol. The van der Waals surface area contributed by atoms with Gasteiger partial charge in [0.25, 0.3) is 0 Å². The molecule has 61 heavy (non-hydrogen) atoms. The molecule has 0 saturated carbocycles. The first kappa shape index (κ1) is 50.3. The van der Waals surface area contributed by atoms with Crippen LogP contribution in [0.3, 0.4) is 0 Å². The number of nitrogens with two attached hydrogens (primary N) is 3. The Morgan fingerprint density at radius 2 is 1.33 bits per heavy atom. The fourth-order valence-electron chi connectivity index (χ4n) is 6.08. The van der Waals surface area contributed by atoms with Crippen LogP contribution in [0.2, 0.25) is 0 Å². The van der Waals surface area contributed by atoms with E-state index in [1.807, 2.05) is 0 Å². The van der Waals surface area contributed by atoms with Crippen LogP contribution in [0, 0.1) is 0 Å². The molecule has 3 atom stereocenters. The summed E-state index contributed by atoms with van der Waals surface area (Å²) in [6, 6.07) is 5.79. The molecule has 21 nitrogen and oxygen atoms in total. The normalized spacial score (nSPS) is 14.7. The first-order valence-electron chi connectivity index (χ1n) is 19.9. The quantitative estimate of drug-likeness (QED) is 0.0183. The van der Waals surface area contributed by atoms with Gasteiger partial charge in [-0.05, 0) is 64.2 Å². The third kappa shape index (κ3) is 21.2. The Bertz CT molecular complexity index is 1810. The van der Waals surface area contributed by atoms with Crippen LogP contribution in [0.5, 0.6) is 0 Å². The van der Waals surface area contributed by atoms with Crippen molar-refractivity contribution in [1.29, 1.82) is 0 Å². The van der Waals surface area contributed by atoms with Gasteiger partial charge in [0.2, 0.25) is 41.4 Å². The van der Waals surface area contributed by atoms with Crippen LogP contribution in [-0.2, 0) is 49.6 Å². The average molecular weight is 853 g/mol. The molecule has 1 saturated heterocycles. The second kappa shape index (κ2) is 27.1. The highest BCUT2D eigenvalue weighted by molar-refractivity contribution is 5.96. The lowest BCUT2D eigenvalue weighted by Crippen LogP contribution is -2.57. The minimum atomic E-state index is -1.12. The van der Waals surface area contributed by atoms with Crippen molar-refractivity contribution >= 4 is 58.9 Å². The van der Waals surface area contributed by atoms with Crippen molar-refractivity contribution in [1.82, 2.24) is 42.1 Å². The topological polar surface area (TPSA) is 331 Å². The lowest BCUT2D eigenvalue weighted by atomic mass is 10.0. The molecule has 0 aromatic heterocycles. The number of carbonyl (C=O) groups is 9. The van der Waals surface area contributed by atoms with E-state index in [4.69, 9.17) is 17.2 Å². The van der Waals surface area contributed by atoms with Crippen LogP contribution in [-0.4, -0.2) is 128 Å². The Morgan fingerprint density at radius 3 is 1.92 bits per heavy atom. The molecule has 1 heterocycles. The molecule has 0 unspecified atom stereocenters. The minimum Gasteiger partial charge on any atom is -0.387 e. The molecule has 1 aromatic carbocycles. The number of hydrogen-bond acceptors (Lipinski definition) is 12. The van der Waals surface area contributed by atoms with E-state index in [0.29, 0.717) is 38.0 Å². The maximum atomic E-state index is 13.9. The molecular formula is C40H60N12O9. The van der Waals surface area contributed by atoms with Crippen LogP contribution in [0.1, 0.15) is 64.9 Å².